The Kier molecular flexibility index (Phi) is 3.97. The Morgan fingerprint density at radius 3 is 2.78 bits per heavy atom. The fourth-order valence-corrected chi connectivity index (χ4v) is 1.98. The summed E-state index contributed by atoms with van der Waals surface area (Å²) in [5.74, 6) is -0.876. The summed E-state index contributed by atoms with van der Waals surface area (Å²) in [6, 6.07) is 9.43. The predicted octanol–water partition coefficient (Wildman–Crippen LogP) is 1.61. The van der Waals surface area contributed by atoms with Crippen molar-refractivity contribution in [2.45, 2.75) is 31.8 Å². The van der Waals surface area contributed by atoms with Crippen molar-refractivity contribution in [2.75, 3.05) is 6.54 Å². The summed E-state index contributed by atoms with van der Waals surface area (Å²) in [7, 11) is 0. The van der Waals surface area contributed by atoms with Crippen molar-refractivity contribution in [3.8, 4) is 0 Å². The Bertz CT molecular complexity index is 430. The molecule has 2 rings (SSSR count). The van der Waals surface area contributed by atoms with Crippen LogP contribution >= 0.6 is 0 Å². The molecule has 0 aromatic heterocycles. The number of hydrogen-bond donors (Lipinski definition) is 1. The minimum atomic E-state index is -0.627. The molecule has 1 fully saturated rings. The third-order valence-electron chi connectivity index (χ3n) is 3.15. The SMILES string of the molecule is C[C@H](C(=O)O[C@@H]1CCCNC1=O)c1ccccc1. The summed E-state index contributed by atoms with van der Waals surface area (Å²) >= 11 is 0. The zero-order valence-electron chi connectivity index (χ0n) is 10.4. The average molecular weight is 247 g/mol. The first-order valence-electron chi connectivity index (χ1n) is 6.21. The standard InChI is InChI=1S/C14H17NO3/c1-10(11-6-3-2-4-7-11)14(17)18-12-8-5-9-15-13(12)16/h2-4,6-7,10,12H,5,8-9H2,1H3,(H,15,16)/t10-,12+/m0/s1. The van der Waals surface area contributed by atoms with E-state index in [0.29, 0.717) is 13.0 Å². The van der Waals surface area contributed by atoms with Crippen LogP contribution in [-0.2, 0) is 14.3 Å². The molecule has 4 nitrogen and oxygen atoms in total. The highest BCUT2D eigenvalue weighted by Crippen LogP contribution is 2.18. The van der Waals surface area contributed by atoms with E-state index in [1.165, 1.54) is 0 Å². The molecule has 1 amide bonds. The van der Waals surface area contributed by atoms with Gasteiger partial charge in [0.25, 0.3) is 5.91 Å². The lowest BCUT2D eigenvalue weighted by molar-refractivity contribution is -0.158. The number of rotatable bonds is 3. The van der Waals surface area contributed by atoms with Crippen LogP contribution < -0.4 is 5.32 Å². The largest absolute Gasteiger partial charge is 0.452 e. The van der Waals surface area contributed by atoms with Gasteiger partial charge in [0, 0.05) is 6.54 Å². The number of nitrogens with one attached hydrogen (secondary N) is 1. The molecule has 4 heteroatoms. The summed E-state index contributed by atoms with van der Waals surface area (Å²) in [6.07, 6.45) is 0.833. The van der Waals surface area contributed by atoms with Gasteiger partial charge in [-0.05, 0) is 25.3 Å². The van der Waals surface area contributed by atoms with Crippen molar-refractivity contribution in [2.24, 2.45) is 0 Å². The monoisotopic (exact) mass is 247 g/mol. The molecule has 2 atom stereocenters. The number of carbonyl (C=O) groups excluding carboxylic acids is 2. The molecule has 0 unspecified atom stereocenters. The zero-order chi connectivity index (χ0) is 13.0. The van der Waals surface area contributed by atoms with Gasteiger partial charge in [0.1, 0.15) is 0 Å². The number of carbonyl (C=O) groups is 2. The van der Waals surface area contributed by atoms with Crippen LogP contribution in [0.3, 0.4) is 0 Å². The molecule has 18 heavy (non-hydrogen) atoms. The third-order valence-corrected chi connectivity index (χ3v) is 3.15. The second-order valence-corrected chi connectivity index (χ2v) is 4.49. The normalized spacial score (nSPS) is 20.9. The van der Waals surface area contributed by atoms with Crippen molar-refractivity contribution < 1.29 is 14.3 Å². The van der Waals surface area contributed by atoms with Crippen LogP contribution in [0.4, 0.5) is 0 Å². The van der Waals surface area contributed by atoms with E-state index in [1.807, 2.05) is 30.3 Å². The van der Waals surface area contributed by atoms with E-state index < -0.39 is 6.10 Å². The Morgan fingerprint density at radius 2 is 2.11 bits per heavy atom. The third kappa shape index (κ3) is 2.88. The number of benzene rings is 1. The zero-order valence-corrected chi connectivity index (χ0v) is 10.4. The van der Waals surface area contributed by atoms with Crippen LogP contribution in [0, 0.1) is 0 Å². The van der Waals surface area contributed by atoms with Crippen molar-refractivity contribution in [3.63, 3.8) is 0 Å². The van der Waals surface area contributed by atoms with Crippen molar-refractivity contribution in [1.82, 2.24) is 5.32 Å². The molecule has 1 aliphatic rings. The van der Waals surface area contributed by atoms with Crippen molar-refractivity contribution in [3.05, 3.63) is 35.9 Å². The van der Waals surface area contributed by atoms with E-state index in [2.05, 4.69) is 5.32 Å². The second kappa shape index (κ2) is 5.67. The van der Waals surface area contributed by atoms with Gasteiger partial charge in [0.2, 0.25) is 0 Å². The molecule has 1 N–H and O–H groups in total. The Balaban J connectivity index is 1.97. The maximum Gasteiger partial charge on any atom is 0.313 e. The lowest BCUT2D eigenvalue weighted by atomic mass is 10.0. The van der Waals surface area contributed by atoms with Gasteiger partial charge in [-0.3, -0.25) is 9.59 Å². The minimum absolute atomic E-state index is 0.185. The van der Waals surface area contributed by atoms with Crippen LogP contribution in [0.2, 0.25) is 0 Å². The Morgan fingerprint density at radius 1 is 1.39 bits per heavy atom. The maximum atomic E-state index is 12.0. The molecular formula is C14H17NO3. The quantitative estimate of drug-likeness (QED) is 0.826. The Hall–Kier alpha value is -1.84. The van der Waals surface area contributed by atoms with Gasteiger partial charge in [-0.1, -0.05) is 30.3 Å². The first-order chi connectivity index (χ1) is 8.68. The highest BCUT2D eigenvalue weighted by molar-refractivity contribution is 5.86. The summed E-state index contributed by atoms with van der Waals surface area (Å²) in [4.78, 5) is 23.5. The van der Waals surface area contributed by atoms with E-state index >= 15 is 0 Å². The van der Waals surface area contributed by atoms with Crippen LogP contribution in [0.5, 0.6) is 0 Å². The first-order valence-corrected chi connectivity index (χ1v) is 6.21. The average Bonchev–Trinajstić information content (AvgIpc) is 2.41. The maximum absolute atomic E-state index is 12.0. The summed E-state index contributed by atoms with van der Waals surface area (Å²) < 4.78 is 5.27. The van der Waals surface area contributed by atoms with Crippen molar-refractivity contribution >= 4 is 11.9 Å². The van der Waals surface area contributed by atoms with Crippen LogP contribution in [-0.4, -0.2) is 24.5 Å². The van der Waals surface area contributed by atoms with Crippen LogP contribution in [0.1, 0.15) is 31.2 Å². The summed E-state index contributed by atoms with van der Waals surface area (Å²) in [6.45, 7) is 2.46. The number of amides is 1. The summed E-state index contributed by atoms with van der Waals surface area (Å²) in [5.41, 5.74) is 0.902. The molecule has 1 heterocycles. The van der Waals surface area contributed by atoms with E-state index in [1.54, 1.807) is 6.92 Å². The van der Waals surface area contributed by atoms with Crippen LogP contribution in [0.25, 0.3) is 0 Å². The lowest BCUT2D eigenvalue weighted by Gasteiger charge is -2.23. The highest BCUT2D eigenvalue weighted by Gasteiger charge is 2.28. The predicted molar refractivity (Wildman–Crippen MR) is 67.0 cm³/mol. The van der Waals surface area contributed by atoms with E-state index in [9.17, 15) is 9.59 Å². The molecule has 0 aliphatic carbocycles. The first kappa shape index (κ1) is 12.6. The van der Waals surface area contributed by atoms with Crippen LogP contribution in [0.15, 0.2) is 30.3 Å². The van der Waals surface area contributed by atoms with Gasteiger partial charge < -0.3 is 10.1 Å². The molecular weight excluding hydrogens is 230 g/mol. The van der Waals surface area contributed by atoms with Gasteiger partial charge in [0.05, 0.1) is 5.92 Å². The van der Waals surface area contributed by atoms with Gasteiger partial charge in [-0.15, -0.1) is 0 Å². The second-order valence-electron chi connectivity index (χ2n) is 4.49. The fraction of sp³-hybridized carbons (Fsp3) is 0.429. The molecule has 0 spiro atoms. The van der Waals surface area contributed by atoms with E-state index in [4.69, 9.17) is 4.74 Å². The van der Waals surface area contributed by atoms with Crippen molar-refractivity contribution in [1.29, 1.82) is 0 Å². The molecule has 96 valence electrons. The van der Waals surface area contributed by atoms with E-state index in [0.717, 1.165) is 12.0 Å². The number of piperidine rings is 1. The lowest BCUT2D eigenvalue weighted by Crippen LogP contribution is -2.43. The Labute approximate surface area is 106 Å². The molecule has 1 aromatic carbocycles. The van der Waals surface area contributed by atoms with Gasteiger partial charge in [-0.2, -0.15) is 0 Å². The van der Waals surface area contributed by atoms with Gasteiger partial charge in [-0.25, -0.2) is 0 Å². The van der Waals surface area contributed by atoms with E-state index in [-0.39, 0.29) is 17.8 Å². The fourth-order valence-electron chi connectivity index (χ4n) is 1.98. The van der Waals surface area contributed by atoms with Gasteiger partial charge >= 0.3 is 5.97 Å². The minimum Gasteiger partial charge on any atom is -0.452 e. The molecule has 1 aromatic rings. The molecule has 0 radical (unpaired) electrons. The summed E-state index contributed by atoms with van der Waals surface area (Å²) in [5, 5.41) is 2.70. The molecule has 1 aliphatic heterocycles. The number of hydrogen-bond acceptors (Lipinski definition) is 3. The topological polar surface area (TPSA) is 55.4 Å². The smallest absolute Gasteiger partial charge is 0.313 e. The molecule has 0 saturated carbocycles. The van der Waals surface area contributed by atoms with Gasteiger partial charge in [0.15, 0.2) is 6.10 Å². The highest BCUT2D eigenvalue weighted by atomic mass is 16.5. The molecule has 0 bridgehead atoms. The number of esters is 1. The molecule has 1 saturated heterocycles. The number of ether oxygens (including phenoxy) is 1.